The first-order chi connectivity index (χ1) is 12.6. The van der Waals surface area contributed by atoms with Gasteiger partial charge in [-0.15, -0.1) is 0 Å². The first-order valence-corrected chi connectivity index (χ1v) is 11.9. The zero-order chi connectivity index (χ0) is 21.5. The predicted octanol–water partition coefficient (Wildman–Crippen LogP) is 3.29. The van der Waals surface area contributed by atoms with E-state index < -0.39 is 26.1 Å². The molecular weight excluding hydrogens is 396 g/mol. The van der Waals surface area contributed by atoms with E-state index in [1.165, 1.54) is 18.2 Å². The van der Waals surface area contributed by atoms with Crippen molar-refractivity contribution in [2.75, 3.05) is 0 Å². The molecule has 0 aliphatic heterocycles. The number of primary sulfonamides is 1. The van der Waals surface area contributed by atoms with Crippen molar-refractivity contribution in [1.29, 1.82) is 0 Å². The Morgan fingerprint density at radius 2 is 1.50 bits per heavy atom. The van der Waals surface area contributed by atoms with Gasteiger partial charge in [0, 0.05) is 6.04 Å². The zero-order valence-corrected chi connectivity index (χ0v) is 18.7. The Morgan fingerprint density at radius 1 is 0.964 bits per heavy atom. The van der Waals surface area contributed by atoms with Gasteiger partial charge in [-0.2, -0.15) is 0 Å². The Kier molecular flexibility index (Phi) is 6.11. The van der Waals surface area contributed by atoms with Gasteiger partial charge < -0.3 is 0 Å². The van der Waals surface area contributed by atoms with Crippen LogP contribution in [0.5, 0.6) is 0 Å². The van der Waals surface area contributed by atoms with Gasteiger partial charge >= 0.3 is 0 Å². The third-order valence-corrected chi connectivity index (χ3v) is 7.37. The van der Waals surface area contributed by atoms with E-state index in [1.54, 1.807) is 26.8 Å². The highest BCUT2D eigenvalue weighted by Gasteiger charge is 2.25. The predicted molar refractivity (Wildman–Crippen MR) is 111 cm³/mol. The molecule has 0 saturated heterocycles. The van der Waals surface area contributed by atoms with Gasteiger partial charge in [0.15, 0.2) is 0 Å². The van der Waals surface area contributed by atoms with Crippen LogP contribution in [0.3, 0.4) is 0 Å². The van der Waals surface area contributed by atoms with Gasteiger partial charge in [-0.3, -0.25) is 0 Å². The number of nitrogens with one attached hydrogen (secondary N) is 1. The van der Waals surface area contributed by atoms with Gasteiger partial charge in [-0.05, 0) is 60.6 Å². The minimum atomic E-state index is -3.86. The monoisotopic (exact) mass is 424 g/mol. The summed E-state index contributed by atoms with van der Waals surface area (Å²) in [7, 11) is -7.67. The topological polar surface area (TPSA) is 106 Å². The van der Waals surface area contributed by atoms with E-state index in [4.69, 9.17) is 5.14 Å². The molecule has 2 aromatic rings. The lowest BCUT2D eigenvalue weighted by Gasteiger charge is -2.23. The molecule has 0 saturated carbocycles. The summed E-state index contributed by atoms with van der Waals surface area (Å²) in [5.74, 6) is 0. The van der Waals surface area contributed by atoms with Crippen LogP contribution in [0, 0.1) is 13.8 Å². The highest BCUT2D eigenvalue weighted by atomic mass is 32.2. The average Bonchev–Trinajstić information content (AvgIpc) is 2.51. The van der Waals surface area contributed by atoms with Crippen molar-refractivity contribution in [3.05, 3.63) is 58.7 Å². The molecule has 6 nitrogen and oxygen atoms in total. The summed E-state index contributed by atoms with van der Waals surface area (Å²) in [4.78, 5) is 0.188. The third kappa shape index (κ3) is 5.00. The molecule has 0 aromatic heterocycles. The van der Waals surface area contributed by atoms with Gasteiger partial charge in [0.05, 0.1) is 9.79 Å². The molecule has 2 rings (SSSR count). The molecule has 0 radical (unpaired) electrons. The van der Waals surface area contributed by atoms with Crippen LogP contribution in [0.2, 0.25) is 0 Å². The summed E-state index contributed by atoms with van der Waals surface area (Å²) in [6, 6.07) is 9.11. The van der Waals surface area contributed by atoms with Crippen molar-refractivity contribution >= 4 is 20.0 Å². The van der Waals surface area contributed by atoms with Crippen molar-refractivity contribution in [3.8, 4) is 0 Å². The lowest BCUT2D eigenvalue weighted by Crippen LogP contribution is -2.28. The minimum Gasteiger partial charge on any atom is -0.225 e. The van der Waals surface area contributed by atoms with Crippen LogP contribution in [-0.2, 0) is 25.5 Å². The summed E-state index contributed by atoms with van der Waals surface area (Å²) in [5, 5.41) is 5.17. The number of nitrogens with two attached hydrogens (primary N) is 1. The van der Waals surface area contributed by atoms with Gasteiger partial charge in [-0.1, -0.05) is 45.0 Å². The fourth-order valence-electron chi connectivity index (χ4n) is 3.13. The Hall–Kier alpha value is -1.74. The molecule has 0 heterocycles. The maximum Gasteiger partial charge on any atom is 0.241 e. The first kappa shape index (κ1) is 22.5. The summed E-state index contributed by atoms with van der Waals surface area (Å²) < 4.78 is 51.8. The van der Waals surface area contributed by atoms with Crippen LogP contribution in [0.25, 0.3) is 0 Å². The lowest BCUT2D eigenvalue weighted by molar-refractivity contribution is 0.563. The maximum absolute atomic E-state index is 13.0. The third-order valence-electron chi connectivity index (χ3n) is 4.61. The summed E-state index contributed by atoms with van der Waals surface area (Å²) >= 11 is 0. The van der Waals surface area contributed by atoms with Crippen LogP contribution < -0.4 is 9.86 Å². The molecule has 3 N–H and O–H groups in total. The molecule has 0 bridgehead atoms. The van der Waals surface area contributed by atoms with Gasteiger partial charge in [0.25, 0.3) is 0 Å². The van der Waals surface area contributed by atoms with Crippen LogP contribution in [0.1, 0.15) is 56.0 Å². The van der Waals surface area contributed by atoms with Crippen LogP contribution in [0.15, 0.2) is 46.2 Å². The van der Waals surface area contributed by atoms with E-state index in [0.29, 0.717) is 16.7 Å². The standard InChI is InChI=1S/C20H28N2O4S2/c1-13-10-17(20(4,5)6)11-14(2)19(13)28(25,26)22-15(3)16-8-7-9-18(12-16)27(21,23)24/h7-12,15,22H,1-6H3,(H2,21,23,24)/t15-/m1/s1. The van der Waals surface area contributed by atoms with Gasteiger partial charge in [-0.25, -0.2) is 26.7 Å². The summed E-state index contributed by atoms with van der Waals surface area (Å²) in [6.07, 6.45) is 0. The summed E-state index contributed by atoms with van der Waals surface area (Å²) in [6.45, 7) is 11.5. The number of benzene rings is 2. The van der Waals surface area contributed by atoms with E-state index in [0.717, 1.165) is 5.56 Å². The largest absolute Gasteiger partial charge is 0.241 e. The SMILES string of the molecule is Cc1cc(C(C)(C)C)cc(C)c1S(=O)(=O)N[C@H](C)c1cccc(S(N)(=O)=O)c1. The van der Waals surface area contributed by atoms with Gasteiger partial charge in [0.1, 0.15) is 0 Å². The Bertz CT molecular complexity index is 1080. The van der Waals surface area contributed by atoms with Crippen molar-refractivity contribution in [2.45, 2.75) is 62.8 Å². The number of rotatable bonds is 5. The van der Waals surface area contributed by atoms with Crippen molar-refractivity contribution in [3.63, 3.8) is 0 Å². The molecular formula is C20H28N2O4S2. The fraction of sp³-hybridized carbons (Fsp3) is 0.400. The molecule has 154 valence electrons. The smallest absolute Gasteiger partial charge is 0.225 e. The molecule has 0 spiro atoms. The molecule has 28 heavy (non-hydrogen) atoms. The maximum atomic E-state index is 13.0. The second-order valence-corrected chi connectivity index (χ2v) is 11.4. The van der Waals surface area contributed by atoms with Crippen molar-refractivity contribution in [1.82, 2.24) is 4.72 Å². The van der Waals surface area contributed by atoms with Gasteiger partial charge in [0.2, 0.25) is 20.0 Å². The molecule has 2 aromatic carbocycles. The molecule has 1 atom stereocenters. The van der Waals surface area contributed by atoms with E-state index in [2.05, 4.69) is 25.5 Å². The molecule has 0 unspecified atom stereocenters. The van der Waals surface area contributed by atoms with E-state index in [1.807, 2.05) is 12.1 Å². The Labute approximate surface area is 168 Å². The minimum absolute atomic E-state index is 0.0575. The molecule has 0 aliphatic rings. The van der Waals surface area contributed by atoms with E-state index in [9.17, 15) is 16.8 Å². The van der Waals surface area contributed by atoms with Crippen LogP contribution >= 0.6 is 0 Å². The Morgan fingerprint density at radius 3 is 1.96 bits per heavy atom. The fourth-order valence-corrected chi connectivity index (χ4v) is 5.38. The summed E-state index contributed by atoms with van der Waals surface area (Å²) in [5.41, 5.74) is 2.82. The molecule has 0 fully saturated rings. The highest BCUT2D eigenvalue weighted by Crippen LogP contribution is 2.30. The van der Waals surface area contributed by atoms with E-state index >= 15 is 0 Å². The van der Waals surface area contributed by atoms with Crippen LogP contribution in [0.4, 0.5) is 0 Å². The average molecular weight is 425 g/mol. The molecule has 0 amide bonds. The normalized spacial score (nSPS) is 14.1. The quantitative estimate of drug-likeness (QED) is 0.768. The molecule has 0 aliphatic carbocycles. The number of hydrogen-bond donors (Lipinski definition) is 2. The Balaban J connectivity index is 2.42. The highest BCUT2D eigenvalue weighted by molar-refractivity contribution is 7.89. The number of aryl methyl sites for hydroxylation is 2. The second-order valence-electron chi connectivity index (χ2n) is 8.15. The second kappa shape index (κ2) is 7.59. The number of sulfonamides is 2. The zero-order valence-electron chi connectivity index (χ0n) is 17.1. The number of hydrogen-bond acceptors (Lipinski definition) is 4. The lowest BCUT2D eigenvalue weighted by atomic mass is 9.85. The van der Waals surface area contributed by atoms with Crippen molar-refractivity contribution < 1.29 is 16.8 Å². The first-order valence-electron chi connectivity index (χ1n) is 8.90. The van der Waals surface area contributed by atoms with Crippen molar-refractivity contribution in [2.24, 2.45) is 5.14 Å². The molecule has 8 heteroatoms. The van der Waals surface area contributed by atoms with E-state index in [-0.39, 0.29) is 15.2 Å². The van der Waals surface area contributed by atoms with Crippen LogP contribution in [-0.4, -0.2) is 16.8 Å².